The van der Waals surface area contributed by atoms with Gasteiger partial charge in [0.15, 0.2) is 0 Å². The van der Waals surface area contributed by atoms with Gasteiger partial charge in [-0.2, -0.15) is 0 Å². The van der Waals surface area contributed by atoms with Gasteiger partial charge in [-0.05, 0) is 48.4 Å². The Kier molecular flexibility index (Phi) is 5.31. The van der Waals surface area contributed by atoms with Crippen molar-refractivity contribution in [3.8, 4) is 0 Å². The molecule has 0 fully saturated rings. The number of carbonyl (C=O) groups excluding carboxylic acids is 2. The molecule has 0 aliphatic rings. The van der Waals surface area contributed by atoms with E-state index in [1.807, 2.05) is 0 Å². The third-order valence-corrected chi connectivity index (χ3v) is 3.48. The summed E-state index contributed by atoms with van der Waals surface area (Å²) in [5.41, 5.74) is 2.78. The van der Waals surface area contributed by atoms with Gasteiger partial charge >= 0.3 is 5.97 Å². The van der Waals surface area contributed by atoms with E-state index in [-0.39, 0.29) is 17.4 Å². The Bertz CT molecular complexity index is 782. The fraction of sp³-hybridized carbons (Fsp3) is 0.167. The minimum absolute atomic E-state index is 0.114. The number of aryl methyl sites for hydroxylation is 1. The van der Waals surface area contributed by atoms with Crippen LogP contribution in [0.25, 0.3) is 0 Å². The van der Waals surface area contributed by atoms with E-state index in [9.17, 15) is 14.4 Å². The molecule has 2 aromatic carbocycles. The number of carboxylic acid groups (broad SMARTS) is 1. The fourth-order valence-corrected chi connectivity index (χ4v) is 2.13. The predicted octanol–water partition coefficient (Wildman–Crippen LogP) is 2.58. The maximum absolute atomic E-state index is 12.3. The van der Waals surface area contributed by atoms with Crippen molar-refractivity contribution in [2.24, 2.45) is 0 Å². The number of hydrogen-bond donors (Lipinski definition) is 3. The van der Waals surface area contributed by atoms with Gasteiger partial charge in [-0.15, -0.1) is 0 Å². The number of aromatic carboxylic acids is 1. The Morgan fingerprint density at radius 3 is 2.17 bits per heavy atom. The number of anilines is 1. The van der Waals surface area contributed by atoms with Crippen LogP contribution in [-0.2, 0) is 11.3 Å². The number of carbonyl (C=O) groups is 3. The molecule has 0 heterocycles. The molecule has 2 amide bonds. The molecule has 0 saturated heterocycles. The van der Waals surface area contributed by atoms with Crippen LogP contribution in [0.5, 0.6) is 0 Å². The third kappa shape index (κ3) is 4.42. The first-order valence-corrected chi connectivity index (χ1v) is 7.35. The number of hydrogen-bond acceptors (Lipinski definition) is 3. The normalized spacial score (nSPS) is 10.1. The van der Waals surface area contributed by atoms with Crippen molar-refractivity contribution in [2.75, 3.05) is 5.32 Å². The van der Waals surface area contributed by atoms with Crippen molar-refractivity contribution in [2.45, 2.75) is 20.4 Å². The summed E-state index contributed by atoms with van der Waals surface area (Å²) in [6.45, 7) is 3.59. The first kappa shape index (κ1) is 17.2. The molecule has 2 rings (SSSR count). The first-order valence-electron chi connectivity index (χ1n) is 7.35. The minimum atomic E-state index is -1.01. The predicted molar refractivity (Wildman–Crippen MR) is 90.1 cm³/mol. The summed E-state index contributed by atoms with van der Waals surface area (Å²) < 4.78 is 0. The summed E-state index contributed by atoms with van der Waals surface area (Å²) >= 11 is 0. The summed E-state index contributed by atoms with van der Waals surface area (Å²) in [7, 11) is 0. The largest absolute Gasteiger partial charge is 0.478 e. The first-order chi connectivity index (χ1) is 11.4. The molecule has 0 unspecified atom stereocenters. The smallest absolute Gasteiger partial charge is 0.335 e. The molecular formula is C18H18N2O4. The molecular weight excluding hydrogens is 308 g/mol. The molecule has 6 nitrogen and oxygen atoms in total. The van der Waals surface area contributed by atoms with Gasteiger partial charge in [0.05, 0.1) is 5.56 Å². The molecule has 0 aromatic heterocycles. The van der Waals surface area contributed by atoms with Crippen LogP contribution in [0.2, 0.25) is 0 Å². The zero-order valence-electron chi connectivity index (χ0n) is 13.4. The van der Waals surface area contributed by atoms with Crippen molar-refractivity contribution in [1.82, 2.24) is 5.32 Å². The van der Waals surface area contributed by atoms with Crippen molar-refractivity contribution in [3.63, 3.8) is 0 Å². The van der Waals surface area contributed by atoms with Gasteiger partial charge in [-0.1, -0.05) is 12.1 Å². The highest BCUT2D eigenvalue weighted by molar-refractivity contribution is 6.05. The van der Waals surface area contributed by atoms with Crippen LogP contribution in [0.15, 0.2) is 42.5 Å². The second-order valence-electron chi connectivity index (χ2n) is 5.40. The Morgan fingerprint density at radius 2 is 1.62 bits per heavy atom. The number of rotatable bonds is 5. The molecule has 0 bridgehead atoms. The minimum Gasteiger partial charge on any atom is -0.478 e. The molecule has 24 heavy (non-hydrogen) atoms. The van der Waals surface area contributed by atoms with Crippen LogP contribution in [0.1, 0.15) is 38.8 Å². The maximum Gasteiger partial charge on any atom is 0.335 e. The molecule has 0 radical (unpaired) electrons. The van der Waals surface area contributed by atoms with E-state index >= 15 is 0 Å². The summed E-state index contributed by atoms with van der Waals surface area (Å²) in [5.74, 6) is -1.41. The van der Waals surface area contributed by atoms with E-state index in [4.69, 9.17) is 5.11 Å². The van der Waals surface area contributed by atoms with E-state index in [2.05, 4.69) is 10.6 Å². The van der Waals surface area contributed by atoms with Crippen LogP contribution in [0.3, 0.4) is 0 Å². The van der Waals surface area contributed by atoms with E-state index in [0.717, 1.165) is 5.56 Å². The van der Waals surface area contributed by atoms with Crippen LogP contribution >= 0.6 is 0 Å². The lowest BCUT2D eigenvalue weighted by Crippen LogP contribution is -2.19. The topological polar surface area (TPSA) is 95.5 Å². The lowest BCUT2D eigenvalue weighted by Gasteiger charge is -2.10. The van der Waals surface area contributed by atoms with Crippen molar-refractivity contribution in [1.29, 1.82) is 0 Å². The average Bonchev–Trinajstić information content (AvgIpc) is 2.55. The molecule has 0 saturated carbocycles. The van der Waals surface area contributed by atoms with Gasteiger partial charge < -0.3 is 15.7 Å². The Hall–Kier alpha value is -3.15. The van der Waals surface area contributed by atoms with Crippen LogP contribution in [0.4, 0.5) is 5.69 Å². The highest BCUT2D eigenvalue weighted by atomic mass is 16.4. The second-order valence-corrected chi connectivity index (χ2v) is 5.40. The SMILES string of the molecule is CC(=O)NCc1ccc(C(=O)Nc2ccc(C(=O)O)cc2C)cc1. The number of nitrogens with one attached hydrogen (secondary N) is 2. The van der Waals surface area contributed by atoms with Gasteiger partial charge in [0.1, 0.15) is 0 Å². The fourth-order valence-electron chi connectivity index (χ4n) is 2.13. The van der Waals surface area contributed by atoms with Gasteiger partial charge in [-0.25, -0.2) is 4.79 Å². The van der Waals surface area contributed by atoms with Gasteiger partial charge in [0.2, 0.25) is 5.91 Å². The molecule has 6 heteroatoms. The van der Waals surface area contributed by atoms with Gasteiger partial charge in [-0.3, -0.25) is 9.59 Å². The Morgan fingerprint density at radius 1 is 1.00 bits per heavy atom. The van der Waals surface area contributed by atoms with Crippen molar-refractivity contribution < 1.29 is 19.5 Å². The van der Waals surface area contributed by atoms with E-state index < -0.39 is 5.97 Å². The molecule has 0 aliphatic heterocycles. The number of carboxylic acids is 1. The summed E-state index contributed by atoms with van der Waals surface area (Å²) in [4.78, 5) is 34.1. The van der Waals surface area contributed by atoms with Crippen LogP contribution in [-0.4, -0.2) is 22.9 Å². The lowest BCUT2D eigenvalue weighted by atomic mass is 10.1. The summed E-state index contributed by atoms with van der Waals surface area (Å²) in [5, 5.41) is 14.4. The molecule has 0 aliphatic carbocycles. The van der Waals surface area contributed by atoms with E-state index in [1.54, 1.807) is 37.3 Å². The molecule has 3 N–H and O–H groups in total. The summed E-state index contributed by atoms with van der Waals surface area (Å²) in [6, 6.07) is 11.4. The highest BCUT2D eigenvalue weighted by Crippen LogP contribution is 2.18. The van der Waals surface area contributed by atoms with E-state index in [1.165, 1.54) is 19.1 Å². The number of benzene rings is 2. The van der Waals surface area contributed by atoms with Crippen molar-refractivity contribution >= 4 is 23.5 Å². The lowest BCUT2D eigenvalue weighted by molar-refractivity contribution is -0.119. The standard InChI is InChI=1S/C18H18N2O4/c1-11-9-15(18(23)24)7-8-16(11)20-17(22)14-5-3-13(4-6-14)10-19-12(2)21/h3-9H,10H2,1-2H3,(H,19,21)(H,20,22)(H,23,24). The number of amides is 2. The van der Waals surface area contributed by atoms with Gasteiger partial charge in [0, 0.05) is 24.7 Å². The average molecular weight is 326 g/mol. The highest BCUT2D eigenvalue weighted by Gasteiger charge is 2.10. The molecule has 0 atom stereocenters. The van der Waals surface area contributed by atoms with Crippen LogP contribution < -0.4 is 10.6 Å². The third-order valence-electron chi connectivity index (χ3n) is 3.48. The van der Waals surface area contributed by atoms with Crippen molar-refractivity contribution in [3.05, 3.63) is 64.7 Å². The Balaban J connectivity index is 2.07. The molecule has 0 spiro atoms. The quantitative estimate of drug-likeness (QED) is 0.787. The molecule has 2 aromatic rings. The zero-order valence-corrected chi connectivity index (χ0v) is 13.4. The molecule has 124 valence electrons. The van der Waals surface area contributed by atoms with Crippen LogP contribution in [0, 0.1) is 6.92 Å². The maximum atomic E-state index is 12.3. The monoisotopic (exact) mass is 326 g/mol. The van der Waals surface area contributed by atoms with Gasteiger partial charge in [0.25, 0.3) is 5.91 Å². The Labute approximate surface area is 139 Å². The zero-order chi connectivity index (χ0) is 17.7. The second kappa shape index (κ2) is 7.41. The van der Waals surface area contributed by atoms with E-state index in [0.29, 0.717) is 23.4 Å². The summed E-state index contributed by atoms with van der Waals surface area (Å²) in [6.07, 6.45) is 0.